The van der Waals surface area contributed by atoms with E-state index >= 15 is 0 Å². The van der Waals surface area contributed by atoms with Crippen LogP contribution >= 0.6 is 11.6 Å². The Hall–Kier alpha value is -2.92. The number of Topliss-reactive ketones (excluding diaryl/α,β-unsaturated/α-hetero) is 1. The molecule has 28 heavy (non-hydrogen) atoms. The quantitative estimate of drug-likeness (QED) is 0.437. The lowest BCUT2D eigenvalue weighted by Crippen LogP contribution is -2.15. The predicted octanol–water partition coefficient (Wildman–Crippen LogP) is 4.44. The van der Waals surface area contributed by atoms with E-state index < -0.39 is 5.97 Å². The van der Waals surface area contributed by atoms with Gasteiger partial charge in [-0.05, 0) is 56.2 Å². The van der Waals surface area contributed by atoms with Crippen molar-refractivity contribution in [3.63, 3.8) is 0 Å². The molecule has 0 fully saturated rings. The second-order valence-corrected chi connectivity index (χ2v) is 6.98. The Bertz CT molecular complexity index is 979. The normalized spacial score (nSPS) is 10.7. The van der Waals surface area contributed by atoms with Crippen LogP contribution < -0.4 is 0 Å². The lowest BCUT2D eigenvalue weighted by Gasteiger charge is -2.10. The standard InChI is InChI=1S/C22H21ClN2O3/c1-15-13-20(21(26)14-28-22(27)18-7-10-24-11-8-18)16(2)25(15)12-9-17-3-5-19(23)6-4-17/h3-8,10-11,13H,9,12,14H2,1-2H3. The summed E-state index contributed by atoms with van der Waals surface area (Å²) in [6.07, 6.45) is 3.84. The topological polar surface area (TPSA) is 61.2 Å². The van der Waals surface area contributed by atoms with Gasteiger partial charge in [-0.15, -0.1) is 0 Å². The number of hydrogen-bond acceptors (Lipinski definition) is 4. The summed E-state index contributed by atoms with van der Waals surface area (Å²) >= 11 is 5.93. The largest absolute Gasteiger partial charge is 0.454 e. The average Bonchev–Trinajstić information content (AvgIpc) is 3.00. The number of rotatable bonds is 7. The first-order valence-electron chi connectivity index (χ1n) is 8.97. The number of ketones is 1. The third-order valence-corrected chi connectivity index (χ3v) is 4.91. The molecule has 6 heteroatoms. The van der Waals surface area contributed by atoms with Gasteiger partial charge in [0.05, 0.1) is 5.56 Å². The van der Waals surface area contributed by atoms with Gasteiger partial charge in [0.15, 0.2) is 6.61 Å². The zero-order valence-electron chi connectivity index (χ0n) is 15.8. The number of esters is 1. The van der Waals surface area contributed by atoms with Crippen LogP contribution in [0.5, 0.6) is 0 Å². The lowest BCUT2D eigenvalue weighted by molar-refractivity contribution is 0.0474. The smallest absolute Gasteiger partial charge is 0.338 e. The van der Waals surface area contributed by atoms with Crippen LogP contribution in [0, 0.1) is 13.8 Å². The summed E-state index contributed by atoms with van der Waals surface area (Å²) in [6.45, 7) is 4.34. The average molecular weight is 397 g/mol. The van der Waals surface area contributed by atoms with E-state index in [4.69, 9.17) is 16.3 Å². The second kappa shape index (κ2) is 8.85. The molecule has 0 aliphatic rings. The summed E-state index contributed by atoms with van der Waals surface area (Å²) in [7, 11) is 0. The summed E-state index contributed by atoms with van der Waals surface area (Å²) in [4.78, 5) is 28.4. The summed E-state index contributed by atoms with van der Waals surface area (Å²) in [5, 5.41) is 0.714. The van der Waals surface area contributed by atoms with E-state index in [1.54, 1.807) is 12.1 Å². The molecule has 2 aromatic heterocycles. The van der Waals surface area contributed by atoms with Crippen LogP contribution in [-0.2, 0) is 17.7 Å². The van der Waals surface area contributed by atoms with Gasteiger partial charge in [0.2, 0.25) is 5.78 Å². The van der Waals surface area contributed by atoms with Crippen molar-refractivity contribution in [3.05, 3.63) is 88.0 Å². The van der Waals surface area contributed by atoms with Crippen LogP contribution in [0.15, 0.2) is 54.9 Å². The number of carbonyl (C=O) groups excluding carboxylic acids is 2. The number of carbonyl (C=O) groups is 2. The van der Waals surface area contributed by atoms with Gasteiger partial charge in [0, 0.05) is 40.9 Å². The van der Waals surface area contributed by atoms with Gasteiger partial charge in [0.1, 0.15) is 0 Å². The Labute approximate surface area is 168 Å². The van der Waals surface area contributed by atoms with Crippen molar-refractivity contribution in [3.8, 4) is 0 Å². The maximum Gasteiger partial charge on any atom is 0.338 e. The molecule has 0 atom stereocenters. The molecular formula is C22H21ClN2O3. The zero-order valence-corrected chi connectivity index (χ0v) is 16.6. The first kappa shape index (κ1) is 19.8. The fourth-order valence-corrected chi connectivity index (χ4v) is 3.23. The Morgan fingerprint density at radius 3 is 2.43 bits per heavy atom. The van der Waals surface area contributed by atoms with Crippen LogP contribution in [-0.4, -0.2) is 27.9 Å². The minimum absolute atomic E-state index is 0.215. The van der Waals surface area contributed by atoms with Crippen molar-refractivity contribution in [2.45, 2.75) is 26.8 Å². The number of benzene rings is 1. The number of pyridine rings is 1. The van der Waals surface area contributed by atoms with Gasteiger partial charge in [-0.1, -0.05) is 23.7 Å². The molecule has 2 heterocycles. The molecule has 0 saturated carbocycles. The molecule has 3 aromatic rings. The van der Waals surface area contributed by atoms with Gasteiger partial charge in [-0.25, -0.2) is 4.79 Å². The number of nitrogens with zero attached hydrogens (tertiary/aromatic N) is 2. The first-order chi connectivity index (χ1) is 13.5. The number of hydrogen-bond donors (Lipinski definition) is 0. The highest BCUT2D eigenvalue weighted by molar-refractivity contribution is 6.30. The predicted molar refractivity (Wildman–Crippen MR) is 108 cm³/mol. The molecule has 5 nitrogen and oxygen atoms in total. The Kier molecular flexibility index (Phi) is 6.26. The van der Waals surface area contributed by atoms with Crippen LogP contribution in [0.1, 0.15) is 37.7 Å². The van der Waals surface area contributed by atoms with Gasteiger partial charge in [-0.3, -0.25) is 9.78 Å². The Morgan fingerprint density at radius 1 is 1.07 bits per heavy atom. The Morgan fingerprint density at radius 2 is 1.75 bits per heavy atom. The van der Waals surface area contributed by atoms with Crippen LogP contribution in [0.4, 0.5) is 0 Å². The molecule has 3 rings (SSSR count). The molecule has 0 spiro atoms. The highest BCUT2D eigenvalue weighted by Crippen LogP contribution is 2.18. The monoisotopic (exact) mass is 396 g/mol. The molecule has 0 N–H and O–H groups in total. The highest BCUT2D eigenvalue weighted by atomic mass is 35.5. The molecule has 0 saturated heterocycles. The SMILES string of the molecule is Cc1cc(C(=O)COC(=O)c2ccncc2)c(C)n1CCc1ccc(Cl)cc1. The van der Waals surface area contributed by atoms with E-state index in [1.807, 2.05) is 44.2 Å². The van der Waals surface area contributed by atoms with Crippen molar-refractivity contribution in [2.24, 2.45) is 0 Å². The summed E-state index contributed by atoms with van der Waals surface area (Å²) in [5.74, 6) is -0.749. The lowest BCUT2D eigenvalue weighted by atomic mass is 10.1. The summed E-state index contributed by atoms with van der Waals surface area (Å²) < 4.78 is 7.25. The van der Waals surface area contributed by atoms with E-state index in [1.165, 1.54) is 18.0 Å². The van der Waals surface area contributed by atoms with Gasteiger partial charge >= 0.3 is 5.97 Å². The number of aromatic nitrogens is 2. The fourth-order valence-electron chi connectivity index (χ4n) is 3.10. The summed E-state index contributed by atoms with van der Waals surface area (Å²) in [5.41, 5.74) is 4.00. The molecule has 144 valence electrons. The molecule has 0 radical (unpaired) electrons. The van der Waals surface area contributed by atoms with E-state index in [2.05, 4.69) is 9.55 Å². The van der Waals surface area contributed by atoms with E-state index in [0.717, 1.165) is 24.4 Å². The number of ether oxygens (including phenoxy) is 1. The van der Waals surface area contributed by atoms with Crippen molar-refractivity contribution in [1.82, 2.24) is 9.55 Å². The van der Waals surface area contributed by atoms with Crippen molar-refractivity contribution < 1.29 is 14.3 Å². The molecule has 0 aliphatic carbocycles. The summed E-state index contributed by atoms with van der Waals surface area (Å²) in [6, 6.07) is 12.7. The van der Waals surface area contributed by atoms with Crippen molar-refractivity contribution in [1.29, 1.82) is 0 Å². The molecular weight excluding hydrogens is 376 g/mol. The second-order valence-electron chi connectivity index (χ2n) is 6.55. The molecule has 0 aliphatic heterocycles. The van der Waals surface area contributed by atoms with Gasteiger partial charge in [0.25, 0.3) is 0 Å². The highest BCUT2D eigenvalue weighted by Gasteiger charge is 2.18. The number of aryl methyl sites for hydroxylation is 2. The van der Waals surface area contributed by atoms with Crippen LogP contribution in [0.2, 0.25) is 5.02 Å². The Balaban J connectivity index is 1.64. The van der Waals surface area contributed by atoms with Crippen molar-refractivity contribution >= 4 is 23.4 Å². The van der Waals surface area contributed by atoms with E-state index in [-0.39, 0.29) is 12.4 Å². The first-order valence-corrected chi connectivity index (χ1v) is 9.35. The van der Waals surface area contributed by atoms with Gasteiger partial charge < -0.3 is 9.30 Å². The number of halogens is 1. The van der Waals surface area contributed by atoms with Gasteiger partial charge in [-0.2, -0.15) is 0 Å². The maximum atomic E-state index is 12.6. The minimum Gasteiger partial charge on any atom is -0.454 e. The third kappa shape index (κ3) is 4.67. The minimum atomic E-state index is -0.535. The van der Waals surface area contributed by atoms with Crippen molar-refractivity contribution in [2.75, 3.05) is 6.61 Å². The van der Waals surface area contributed by atoms with E-state index in [0.29, 0.717) is 16.1 Å². The van der Waals surface area contributed by atoms with Crippen LogP contribution in [0.25, 0.3) is 0 Å². The zero-order chi connectivity index (χ0) is 20.1. The molecule has 0 amide bonds. The molecule has 0 unspecified atom stereocenters. The maximum absolute atomic E-state index is 12.6. The fraction of sp³-hybridized carbons (Fsp3) is 0.227. The van der Waals surface area contributed by atoms with E-state index in [9.17, 15) is 9.59 Å². The molecule has 0 bridgehead atoms. The third-order valence-electron chi connectivity index (χ3n) is 4.66. The molecule has 1 aromatic carbocycles. The van der Waals surface area contributed by atoms with Crippen LogP contribution in [0.3, 0.4) is 0 Å².